The molecule has 0 bridgehead atoms. The van der Waals surface area contributed by atoms with Gasteiger partial charge in [-0.15, -0.1) is 0 Å². The topological polar surface area (TPSA) is 76.0 Å². The molecule has 2 atom stereocenters. The highest BCUT2D eigenvalue weighted by atomic mass is 32.2. The van der Waals surface area contributed by atoms with Crippen LogP contribution in [-0.2, 0) is 23.0 Å². The number of aromatic nitrogens is 2. The zero-order valence-corrected chi connectivity index (χ0v) is 13.3. The number of sulfonamides is 1. The molecule has 2 N–H and O–H groups in total. The van der Waals surface area contributed by atoms with E-state index in [1.54, 1.807) is 6.20 Å². The van der Waals surface area contributed by atoms with E-state index in [9.17, 15) is 8.42 Å². The third kappa shape index (κ3) is 3.30. The molecule has 0 amide bonds. The summed E-state index contributed by atoms with van der Waals surface area (Å²) in [6, 6.07) is -0.0680. The van der Waals surface area contributed by atoms with Gasteiger partial charge < -0.3 is 9.88 Å². The number of piperidine rings is 1. The summed E-state index contributed by atoms with van der Waals surface area (Å²) in [5, 5.41) is 3.50. The van der Waals surface area contributed by atoms with Crippen LogP contribution in [-0.4, -0.2) is 37.1 Å². The summed E-state index contributed by atoms with van der Waals surface area (Å²) in [5.41, 5.74) is 0. The normalized spacial score (nSPS) is 24.5. The summed E-state index contributed by atoms with van der Waals surface area (Å²) in [6.07, 6.45) is 6.92. The van der Waals surface area contributed by atoms with Crippen LogP contribution in [0.5, 0.6) is 0 Å². The lowest BCUT2D eigenvalue weighted by Crippen LogP contribution is -2.44. The second kappa shape index (κ2) is 6.06. The molecule has 7 heteroatoms. The van der Waals surface area contributed by atoms with Crippen molar-refractivity contribution in [2.45, 2.75) is 56.6 Å². The van der Waals surface area contributed by atoms with Crippen LogP contribution in [0, 0.1) is 5.92 Å². The van der Waals surface area contributed by atoms with Crippen LogP contribution in [0.2, 0.25) is 0 Å². The number of aryl methyl sites for hydroxylation is 2. The van der Waals surface area contributed by atoms with E-state index in [-0.39, 0.29) is 11.1 Å². The maximum atomic E-state index is 12.5. The van der Waals surface area contributed by atoms with Gasteiger partial charge in [0.25, 0.3) is 10.0 Å². The molecule has 2 aliphatic heterocycles. The van der Waals surface area contributed by atoms with Gasteiger partial charge in [-0.2, -0.15) is 0 Å². The zero-order valence-electron chi connectivity index (χ0n) is 12.5. The van der Waals surface area contributed by atoms with E-state index in [0.29, 0.717) is 5.92 Å². The van der Waals surface area contributed by atoms with Gasteiger partial charge in [0.15, 0.2) is 5.03 Å². The second-order valence-corrected chi connectivity index (χ2v) is 7.82. The highest BCUT2D eigenvalue weighted by Gasteiger charge is 2.27. The van der Waals surface area contributed by atoms with Gasteiger partial charge in [0.2, 0.25) is 0 Å². The van der Waals surface area contributed by atoms with E-state index in [4.69, 9.17) is 0 Å². The first-order valence-corrected chi connectivity index (χ1v) is 9.34. The predicted molar refractivity (Wildman–Crippen MR) is 80.5 cm³/mol. The van der Waals surface area contributed by atoms with E-state index in [0.717, 1.165) is 57.6 Å². The Morgan fingerprint density at radius 3 is 3.00 bits per heavy atom. The number of nitrogens with one attached hydrogen (secondary N) is 2. The fourth-order valence-corrected chi connectivity index (χ4v) is 4.52. The van der Waals surface area contributed by atoms with E-state index in [1.165, 1.54) is 0 Å². The van der Waals surface area contributed by atoms with Crippen molar-refractivity contribution in [3.63, 3.8) is 0 Å². The van der Waals surface area contributed by atoms with Crippen molar-refractivity contribution < 1.29 is 8.42 Å². The van der Waals surface area contributed by atoms with Crippen LogP contribution in [0.3, 0.4) is 0 Å². The maximum absolute atomic E-state index is 12.5. The maximum Gasteiger partial charge on any atom is 0.259 e. The lowest BCUT2D eigenvalue weighted by atomic mass is 9.94. The average Bonchev–Trinajstić information content (AvgIpc) is 2.92. The standard InChI is InChI=1S/C14H24N4O2S/c1-11(12-5-4-7-15-9-12)17-21(19,20)14-10-18-8-3-2-6-13(18)16-14/h10-12,15,17H,2-9H2,1H3. The molecule has 118 valence electrons. The molecule has 2 aliphatic rings. The van der Waals surface area contributed by atoms with Crippen molar-refractivity contribution in [3.8, 4) is 0 Å². The summed E-state index contributed by atoms with van der Waals surface area (Å²) in [6.45, 7) is 4.73. The Hall–Kier alpha value is -0.920. The number of fused-ring (bicyclic) bond motifs is 1. The molecule has 1 fully saturated rings. The summed E-state index contributed by atoms with van der Waals surface area (Å²) in [4.78, 5) is 4.32. The molecular weight excluding hydrogens is 288 g/mol. The van der Waals surface area contributed by atoms with Crippen molar-refractivity contribution in [2.75, 3.05) is 13.1 Å². The molecule has 0 spiro atoms. The minimum absolute atomic E-state index is 0.0680. The van der Waals surface area contributed by atoms with Crippen molar-refractivity contribution in [1.82, 2.24) is 19.6 Å². The third-order valence-corrected chi connectivity index (χ3v) is 5.97. The Kier molecular flexibility index (Phi) is 4.33. The third-order valence-electron chi connectivity index (χ3n) is 4.54. The molecule has 2 unspecified atom stereocenters. The van der Waals surface area contributed by atoms with Crippen molar-refractivity contribution in [1.29, 1.82) is 0 Å². The summed E-state index contributed by atoms with van der Waals surface area (Å²) < 4.78 is 29.8. The summed E-state index contributed by atoms with van der Waals surface area (Å²) >= 11 is 0. The minimum atomic E-state index is -3.51. The van der Waals surface area contributed by atoms with Gasteiger partial charge in [-0.05, 0) is 51.6 Å². The van der Waals surface area contributed by atoms with Crippen LogP contribution < -0.4 is 10.0 Å². The Bertz CT molecular complexity index is 567. The molecule has 3 heterocycles. The highest BCUT2D eigenvalue weighted by molar-refractivity contribution is 7.89. The quantitative estimate of drug-likeness (QED) is 0.865. The first-order chi connectivity index (χ1) is 10.1. The van der Waals surface area contributed by atoms with Gasteiger partial charge in [0.05, 0.1) is 0 Å². The lowest BCUT2D eigenvalue weighted by molar-refractivity contribution is 0.320. The number of imidazole rings is 1. The number of hydrogen-bond acceptors (Lipinski definition) is 4. The smallest absolute Gasteiger partial charge is 0.259 e. The van der Waals surface area contributed by atoms with Crippen LogP contribution in [0.25, 0.3) is 0 Å². The van der Waals surface area contributed by atoms with Gasteiger partial charge in [-0.1, -0.05) is 0 Å². The van der Waals surface area contributed by atoms with Crippen molar-refractivity contribution in [3.05, 3.63) is 12.0 Å². The van der Waals surface area contributed by atoms with E-state index >= 15 is 0 Å². The van der Waals surface area contributed by atoms with Gasteiger partial charge in [0.1, 0.15) is 5.82 Å². The molecule has 1 aromatic heterocycles. The summed E-state index contributed by atoms with van der Waals surface area (Å²) in [7, 11) is -3.51. The number of hydrogen-bond donors (Lipinski definition) is 2. The first-order valence-electron chi connectivity index (χ1n) is 7.85. The van der Waals surface area contributed by atoms with Crippen LogP contribution in [0.4, 0.5) is 0 Å². The molecule has 1 saturated heterocycles. The van der Waals surface area contributed by atoms with Crippen LogP contribution in [0.1, 0.15) is 38.4 Å². The van der Waals surface area contributed by atoms with Crippen LogP contribution >= 0.6 is 0 Å². The van der Waals surface area contributed by atoms with Crippen molar-refractivity contribution >= 4 is 10.0 Å². The SMILES string of the molecule is CC(NS(=O)(=O)c1cn2c(n1)CCCC2)C1CCCNC1. The fourth-order valence-electron chi connectivity index (χ4n) is 3.22. The zero-order chi connectivity index (χ0) is 14.9. The van der Waals surface area contributed by atoms with Crippen molar-refractivity contribution in [2.24, 2.45) is 5.92 Å². The Morgan fingerprint density at radius 2 is 2.29 bits per heavy atom. The molecular formula is C14H24N4O2S. The number of rotatable bonds is 4. The first kappa shape index (κ1) is 15.0. The average molecular weight is 312 g/mol. The van der Waals surface area contributed by atoms with Gasteiger partial charge >= 0.3 is 0 Å². The molecule has 3 rings (SSSR count). The Balaban J connectivity index is 1.72. The molecule has 0 aliphatic carbocycles. The molecule has 1 aromatic rings. The molecule has 6 nitrogen and oxygen atoms in total. The largest absolute Gasteiger partial charge is 0.333 e. The monoisotopic (exact) mass is 312 g/mol. The molecule has 21 heavy (non-hydrogen) atoms. The second-order valence-electron chi connectivity index (χ2n) is 6.16. The molecule has 0 radical (unpaired) electrons. The van der Waals surface area contributed by atoms with Gasteiger partial charge in [-0.25, -0.2) is 18.1 Å². The Labute approximate surface area is 126 Å². The predicted octanol–water partition coefficient (Wildman–Crippen LogP) is 0.886. The Morgan fingerprint density at radius 1 is 1.43 bits per heavy atom. The summed E-state index contributed by atoms with van der Waals surface area (Å²) in [5.74, 6) is 1.25. The number of nitrogens with zero attached hydrogens (tertiary/aromatic N) is 2. The van der Waals surface area contributed by atoms with E-state index < -0.39 is 10.0 Å². The van der Waals surface area contributed by atoms with E-state index in [2.05, 4.69) is 15.0 Å². The molecule has 0 aromatic carbocycles. The van der Waals surface area contributed by atoms with Crippen LogP contribution in [0.15, 0.2) is 11.2 Å². The van der Waals surface area contributed by atoms with E-state index in [1.807, 2.05) is 11.5 Å². The lowest BCUT2D eigenvalue weighted by Gasteiger charge is -2.28. The fraction of sp³-hybridized carbons (Fsp3) is 0.786. The molecule has 0 saturated carbocycles. The van der Waals surface area contributed by atoms with Gasteiger partial charge in [-0.3, -0.25) is 0 Å². The highest BCUT2D eigenvalue weighted by Crippen LogP contribution is 2.19. The minimum Gasteiger partial charge on any atom is -0.333 e. The van der Waals surface area contributed by atoms with Gasteiger partial charge in [0, 0.05) is 25.2 Å².